The van der Waals surface area contributed by atoms with Crippen LogP contribution in [0.3, 0.4) is 0 Å². The predicted molar refractivity (Wildman–Crippen MR) is 279 cm³/mol. The molecule has 0 aliphatic heterocycles. The van der Waals surface area contributed by atoms with Gasteiger partial charge in [-0.05, 0) is 115 Å². The van der Waals surface area contributed by atoms with E-state index in [0.717, 1.165) is 55.6 Å². The van der Waals surface area contributed by atoms with Crippen LogP contribution in [0.5, 0.6) is 0 Å². The highest BCUT2D eigenvalue weighted by atomic mass is 19.1. The van der Waals surface area contributed by atoms with Gasteiger partial charge in [0.15, 0.2) is 5.69 Å². The lowest BCUT2D eigenvalue weighted by molar-refractivity contribution is 0.580. The topological polar surface area (TPSA) is 34.6 Å². The second kappa shape index (κ2) is 17.3. The van der Waals surface area contributed by atoms with Gasteiger partial charge in [0.1, 0.15) is 23.3 Å². The van der Waals surface area contributed by atoms with Crippen LogP contribution in [0.25, 0.3) is 59.4 Å². The fourth-order valence-corrected chi connectivity index (χ4v) is 9.91. The predicted octanol–water partition coefficient (Wildman–Crippen LogP) is 18.4. The van der Waals surface area contributed by atoms with Crippen LogP contribution in [-0.4, -0.2) is 0 Å². The van der Waals surface area contributed by atoms with E-state index >= 15 is 17.6 Å². The Morgan fingerprint density at radius 1 is 0.443 bits per heavy atom. The molecular formula is C62H46F4N4. The SMILES string of the molecule is [C-]#[N+]c1ccc(N(c2cc(-c3ccccc3C(C)(C)C)c(F)cc2F)c2ccc3ccc4c(N(c5ccc(C#N)cc5)c5cc(-c6ccccc6C(C)(C)C)c(F)cc5F)ccc5ccc2c3c54)cc1. The molecule has 0 saturated heterocycles. The molecule has 0 amide bonds. The molecule has 0 spiro atoms. The standard InChI is InChI=1S/C62H46F4N4/c1-61(2,3)49-14-10-8-12-43(49)47-32-57(53(65)34-51(47)63)69(41-24-16-37(36-67)17-25-41)55-30-20-38-19-29-46-56(31-21-39-18-28-45(55)59(38)60(39)46)70(42-26-22-40(68-7)23-27-42)58-33-48(52(64)35-54(58)66)44-13-9-11-15-50(44)62(4,5)6/h8-35H,1-6H3. The summed E-state index contributed by atoms with van der Waals surface area (Å²) < 4.78 is 66.1. The molecule has 0 radical (unpaired) electrons. The van der Waals surface area contributed by atoms with Gasteiger partial charge in [0.05, 0.1) is 41.0 Å². The zero-order valence-electron chi connectivity index (χ0n) is 39.5. The van der Waals surface area contributed by atoms with E-state index in [4.69, 9.17) is 6.57 Å². The molecule has 4 nitrogen and oxygen atoms in total. The molecule has 342 valence electrons. The summed E-state index contributed by atoms with van der Waals surface area (Å²) in [6.45, 7) is 20.0. The first kappa shape index (κ1) is 45.3. The van der Waals surface area contributed by atoms with Gasteiger partial charge in [-0.1, -0.05) is 139 Å². The van der Waals surface area contributed by atoms with Gasteiger partial charge in [-0.3, -0.25) is 0 Å². The number of halogens is 4. The Morgan fingerprint density at radius 3 is 1.24 bits per heavy atom. The molecule has 0 bridgehead atoms. The van der Waals surface area contributed by atoms with Gasteiger partial charge < -0.3 is 9.80 Å². The number of hydrogen-bond donors (Lipinski definition) is 0. The third-order valence-electron chi connectivity index (χ3n) is 13.2. The quantitative estimate of drug-likeness (QED) is 0.0865. The molecule has 0 aliphatic carbocycles. The van der Waals surface area contributed by atoms with Crippen molar-refractivity contribution in [1.29, 1.82) is 5.26 Å². The summed E-state index contributed by atoms with van der Waals surface area (Å²) in [5, 5.41) is 14.7. The minimum atomic E-state index is -0.780. The smallest absolute Gasteiger partial charge is 0.187 e. The zero-order chi connectivity index (χ0) is 49.2. The number of hydrogen-bond acceptors (Lipinski definition) is 3. The van der Waals surface area contributed by atoms with Gasteiger partial charge in [-0.25, -0.2) is 22.4 Å². The van der Waals surface area contributed by atoms with Crippen molar-refractivity contribution in [2.24, 2.45) is 0 Å². The van der Waals surface area contributed by atoms with E-state index in [-0.39, 0.29) is 33.3 Å². The molecule has 0 atom stereocenters. The monoisotopic (exact) mass is 922 g/mol. The second-order valence-corrected chi connectivity index (χ2v) is 19.7. The fraction of sp³-hybridized carbons (Fsp3) is 0.129. The maximum absolute atomic E-state index is 16.8. The molecule has 0 fully saturated rings. The molecule has 0 saturated carbocycles. The molecule has 10 rings (SSSR count). The van der Waals surface area contributed by atoms with Gasteiger partial charge in [-0.15, -0.1) is 0 Å². The lowest BCUT2D eigenvalue weighted by Crippen LogP contribution is -2.15. The Balaban J connectivity index is 1.23. The van der Waals surface area contributed by atoms with E-state index in [1.165, 1.54) is 0 Å². The van der Waals surface area contributed by atoms with Gasteiger partial charge in [0, 0.05) is 45.4 Å². The Kier molecular flexibility index (Phi) is 11.2. The van der Waals surface area contributed by atoms with E-state index in [9.17, 15) is 5.26 Å². The molecule has 0 N–H and O–H groups in total. The van der Waals surface area contributed by atoms with E-state index in [1.54, 1.807) is 70.5 Å². The average Bonchev–Trinajstić information content (AvgIpc) is 3.35. The van der Waals surface area contributed by atoms with Crippen molar-refractivity contribution in [3.8, 4) is 28.3 Å². The first-order valence-corrected chi connectivity index (χ1v) is 23.0. The second-order valence-electron chi connectivity index (χ2n) is 19.7. The Labute approximate surface area is 405 Å². The Bertz CT molecular complexity index is 3510. The first-order valence-electron chi connectivity index (χ1n) is 23.0. The van der Waals surface area contributed by atoms with Crippen molar-refractivity contribution in [2.45, 2.75) is 52.4 Å². The lowest BCUT2D eigenvalue weighted by Gasteiger charge is -2.30. The molecule has 0 unspecified atom stereocenters. The van der Waals surface area contributed by atoms with Crippen LogP contribution < -0.4 is 9.80 Å². The van der Waals surface area contributed by atoms with E-state index < -0.39 is 23.3 Å². The van der Waals surface area contributed by atoms with Crippen molar-refractivity contribution in [2.75, 3.05) is 9.80 Å². The maximum atomic E-state index is 16.8. The molecule has 10 aromatic rings. The summed E-state index contributed by atoms with van der Waals surface area (Å²) in [5.74, 6) is -2.95. The summed E-state index contributed by atoms with van der Waals surface area (Å²) in [4.78, 5) is 7.14. The summed E-state index contributed by atoms with van der Waals surface area (Å²) in [5.41, 5.74) is 6.19. The highest BCUT2D eigenvalue weighted by Gasteiger charge is 2.29. The van der Waals surface area contributed by atoms with Crippen LogP contribution in [0, 0.1) is 41.2 Å². The molecule has 10 aromatic carbocycles. The van der Waals surface area contributed by atoms with Crippen molar-refractivity contribution in [1.82, 2.24) is 0 Å². The van der Waals surface area contributed by atoms with E-state index in [2.05, 4.69) is 52.5 Å². The first-order chi connectivity index (χ1) is 33.5. The molecule has 8 heteroatoms. The molecule has 0 heterocycles. The van der Waals surface area contributed by atoms with Crippen LogP contribution in [0.1, 0.15) is 58.2 Å². The van der Waals surface area contributed by atoms with Crippen molar-refractivity contribution in [3.63, 3.8) is 0 Å². The fourth-order valence-electron chi connectivity index (χ4n) is 9.91. The molecule has 70 heavy (non-hydrogen) atoms. The van der Waals surface area contributed by atoms with Crippen LogP contribution >= 0.6 is 0 Å². The number of nitriles is 1. The molecule has 0 aromatic heterocycles. The van der Waals surface area contributed by atoms with Gasteiger partial charge in [-0.2, -0.15) is 5.26 Å². The van der Waals surface area contributed by atoms with Gasteiger partial charge in [0.25, 0.3) is 0 Å². The zero-order valence-corrected chi connectivity index (χ0v) is 39.5. The van der Waals surface area contributed by atoms with Crippen LogP contribution in [0.2, 0.25) is 0 Å². The van der Waals surface area contributed by atoms with Gasteiger partial charge in [0.2, 0.25) is 0 Å². The largest absolute Gasteiger partial charge is 0.307 e. The lowest BCUT2D eigenvalue weighted by atomic mass is 9.81. The van der Waals surface area contributed by atoms with Gasteiger partial charge >= 0.3 is 0 Å². The third-order valence-corrected chi connectivity index (χ3v) is 13.2. The normalized spacial score (nSPS) is 11.8. The van der Waals surface area contributed by atoms with E-state index in [1.807, 2.05) is 97.1 Å². The summed E-state index contributed by atoms with van der Waals surface area (Å²) in [6.07, 6.45) is 0. The van der Waals surface area contributed by atoms with Crippen molar-refractivity contribution >= 4 is 72.1 Å². The third kappa shape index (κ3) is 7.82. The number of nitrogens with zero attached hydrogens (tertiary/aromatic N) is 4. The maximum Gasteiger partial charge on any atom is 0.187 e. The van der Waals surface area contributed by atoms with E-state index in [0.29, 0.717) is 45.1 Å². The summed E-state index contributed by atoms with van der Waals surface area (Å²) in [6, 6.07) is 51.8. The van der Waals surface area contributed by atoms with Crippen LogP contribution in [0.15, 0.2) is 170 Å². The number of anilines is 6. The summed E-state index contributed by atoms with van der Waals surface area (Å²) >= 11 is 0. The minimum absolute atomic E-state index is 0.102. The average molecular weight is 923 g/mol. The van der Waals surface area contributed by atoms with Crippen molar-refractivity contribution in [3.05, 3.63) is 221 Å². The highest BCUT2D eigenvalue weighted by Crippen LogP contribution is 2.50. The number of benzene rings is 10. The molecular weight excluding hydrogens is 877 g/mol. The Morgan fingerprint density at radius 2 is 0.843 bits per heavy atom. The Hall–Kier alpha value is -8.46. The van der Waals surface area contributed by atoms with Crippen molar-refractivity contribution < 1.29 is 17.6 Å². The molecule has 0 aliphatic rings. The van der Waals surface area contributed by atoms with Crippen LogP contribution in [-0.2, 0) is 10.8 Å². The summed E-state index contributed by atoms with van der Waals surface area (Å²) in [7, 11) is 0. The highest BCUT2D eigenvalue weighted by molar-refractivity contribution is 6.28. The minimum Gasteiger partial charge on any atom is -0.307 e. The van der Waals surface area contributed by atoms with Crippen LogP contribution in [0.4, 0.5) is 57.4 Å². The number of rotatable bonds is 8.